The summed E-state index contributed by atoms with van der Waals surface area (Å²) in [6, 6.07) is 12.2. The molecule has 6 heteroatoms. The summed E-state index contributed by atoms with van der Waals surface area (Å²) in [5.41, 5.74) is 1.62. The van der Waals surface area contributed by atoms with Gasteiger partial charge >= 0.3 is 5.97 Å². The van der Waals surface area contributed by atoms with Crippen molar-refractivity contribution in [3.05, 3.63) is 64.3 Å². The van der Waals surface area contributed by atoms with Crippen molar-refractivity contribution < 1.29 is 19.0 Å². The lowest BCUT2D eigenvalue weighted by atomic mass is 10.2. The van der Waals surface area contributed by atoms with E-state index >= 15 is 0 Å². The fourth-order valence-corrected chi connectivity index (χ4v) is 2.31. The van der Waals surface area contributed by atoms with E-state index in [0.717, 1.165) is 5.56 Å². The van der Waals surface area contributed by atoms with Gasteiger partial charge in [-0.3, -0.25) is 0 Å². The highest BCUT2D eigenvalue weighted by molar-refractivity contribution is 6.30. The zero-order chi connectivity index (χ0) is 17.1. The van der Waals surface area contributed by atoms with E-state index in [1.54, 1.807) is 62.8 Å². The molecule has 0 amide bonds. The number of hydrogen-bond acceptors (Lipinski definition) is 5. The molecule has 1 aliphatic rings. The van der Waals surface area contributed by atoms with E-state index in [1.165, 1.54) is 0 Å². The van der Waals surface area contributed by atoms with Gasteiger partial charge in [0.05, 0.1) is 14.2 Å². The van der Waals surface area contributed by atoms with Gasteiger partial charge < -0.3 is 14.2 Å². The van der Waals surface area contributed by atoms with Crippen molar-refractivity contribution in [2.75, 3.05) is 14.2 Å². The fraction of sp³-hybridized carbons (Fsp3) is 0.111. The third kappa shape index (κ3) is 3.41. The zero-order valence-corrected chi connectivity index (χ0v) is 13.8. The molecule has 0 N–H and O–H groups in total. The minimum atomic E-state index is -0.512. The van der Waals surface area contributed by atoms with Crippen LogP contribution >= 0.6 is 11.6 Å². The Balaban J connectivity index is 1.95. The Hall–Kier alpha value is -2.79. The van der Waals surface area contributed by atoms with Gasteiger partial charge in [0.1, 0.15) is 11.5 Å². The van der Waals surface area contributed by atoms with Crippen molar-refractivity contribution in [1.29, 1.82) is 0 Å². The standard InChI is InChI=1S/C18H14ClNO4/c1-22-14-8-12(9-15(10-14)23-2)17-20-16(18(21)24-17)7-11-3-5-13(19)6-4-11/h3-10H,1-2H3/b16-7-. The van der Waals surface area contributed by atoms with E-state index in [-0.39, 0.29) is 11.6 Å². The summed E-state index contributed by atoms with van der Waals surface area (Å²) in [4.78, 5) is 16.3. The first-order valence-corrected chi connectivity index (χ1v) is 7.48. The molecular weight excluding hydrogens is 330 g/mol. The van der Waals surface area contributed by atoms with Crippen LogP contribution in [-0.2, 0) is 9.53 Å². The minimum absolute atomic E-state index is 0.206. The lowest BCUT2D eigenvalue weighted by molar-refractivity contribution is -0.129. The van der Waals surface area contributed by atoms with Gasteiger partial charge in [0.2, 0.25) is 5.90 Å². The van der Waals surface area contributed by atoms with Gasteiger partial charge in [0.15, 0.2) is 5.70 Å². The highest BCUT2D eigenvalue weighted by Crippen LogP contribution is 2.26. The molecule has 2 aromatic carbocycles. The number of esters is 1. The van der Waals surface area contributed by atoms with Crippen molar-refractivity contribution >= 4 is 29.5 Å². The number of aliphatic imine (C=N–C) groups is 1. The Morgan fingerprint density at radius 3 is 2.25 bits per heavy atom. The Labute approximate surface area is 144 Å². The van der Waals surface area contributed by atoms with Crippen molar-refractivity contribution in [3.8, 4) is 11.5 Å². The maximum absolute atomic E-state index is 12.0. The number of ether oxygens (including phenoxy) is 3. The van der Waals surface area contributed by atoms with Crippen LogP contribution in [0, 0.1) is 0 Å². The third-order valence-corrected chi connectivity index (χ3v) is 3.64. The Kier molecular flexibility index (Phi) is 4.53. The fourth-order valence-electron chi connectivity index (χ4n) is 2.18. The number of carbonyl (C=O) groups excluding carboxylic acids is 1. The second-order valence-corrected chi connectivity index (χ2v) is 5.43. The molecule has 0 aromatic heterocycles. The number of methoxy groups -OCH3 is 2. The first kappa shape index (κ1) is 16.1. The molecule has 2 aromatic rings. The van der Waals surface area contributed by atoms with Crippen molar-refractivity contribution in [2.45, 2.75) is 0 Å². The quantitative estimate of drug-likeness (QED) is 0.627. The van der Waals surface area contributed by atoms with Gasteiger partial charge in [-0.05, 0) is 35.9 Å². The smallest absolute Gasteiger partial charge is 0.363 e. The van der Waals surface area contributed by atoms with Crippen LogP contribution in [-0.4, -0.2) is 26.1 Å². The van der Waals surface area contributed by atoms with Gasteiger partial charge in [-0.1, -0.05) is 23.7 Å². The molecule has 5 nitrogen and oxygen atoms in total. The summed E-state index contributed by atoms with van der Waals surface area (Å²) in [7, 11) is 3.10. The predicted octanol–water partition coefficient (Wildman–Crippen LogP) is 3.70. The molecule has 122 valence electrons. The maximum atomic E-state index is 12.0. The number of cyclic esters (lactones) is 1. The average Bonchev–Trinajstić information content (AvgIpc) is 2.97. The summed E-state index contributed by atoms with van der Waals surface area (Å²) >= 11 is 5.85. The molecule has 0 atom stereocenters. The molecule has 0 spiro atoms. The number of benzene rings is 2. The highest BCUT2D eigenvalue weighted by Gasteiger charge is 2.25. The topological polar surface area (TPSA) is 57.1 Å². The molecule has 0 radical (unpaired) electrons. The second kappa shape index (κ2) is 6.76. The van der Waals surface area contributed by atoms with Crippen LogP contribution in [0.2, 0.25) is 5.02 Å². The van der Waals surface area contributed by atoms with Gasteiger partial charge in [-0.15, -0.1) is 0 Å². The van der Waals surface area contributed by atoms with E-state index in [9.17, 15) is 4.79 Å². The summed E-state index contributed by atoms with van der Waals surface area (Å²) in [5.74, 6) is 0.857. The largest absolute Gasteiger partial charge is 0.497 e. The van der Waals surface area contributed by atoms with Crippen LogP contribution in [0.25, 0.3) is 6.08 Å². The highest BCUT2D eigenvalue weighted by atomic mass is 35.5. The van der Waals surface area contributed by atoms with E-state index in [0.29, 0.717) is 22.1 Å². The first-order valence-electron chi connectivity index (χ1n) is 7.10. The van der Waals surface area contributed by atoms with Crippen LogP contribution in [0.4, 0.5) is 0 Å². The van der Waals surface area contributed by atoms with Gasteiger partial charge in [-0.25, -0.2) is 9.79 Å². The molecule has 24 heavy (non-hydrogen) atoms. The molecule has 0 saturated carbocycles. The zero-order valence-electron chi connectivity index (χ0n) is 13.1. The van der Waals surface area contributed by atoms with Crippen LogP contribution in [0.5, 0.6) is 11.5 Å². The molecule has 0 unspecified atom stereocenters. The van der Waals surface area contributed by atoms with Crippen molar-refractivity contribution in [1.82, 2.24) is 0 Å². The number of halogens is 1. The number of nitrogens with zero attached hydrogens (tertiary/aromatic N) is 1. The number of rotatable bonds is 4. The van der Waals surface area contributed by atoms with Gasteiger partial charge in [0, 0.05) is 16.7 Å². The molecule has 3 rings (SSSR count). The van der Waals surface area contributed by atoms with Crippen LogP contribution in [0.1, 0.15) is 11.1 Å². The lowest BCUT2D eigenvalue weighted by Gasteiger charge is -2.07. The monoisotopic (exact) mass is 343 g/mol. The second-order valence-electron chi connectivity index (χ2n) is 4.99. The first-order chi connectivity index (χ1) is 11.6. The third-order valence-electron chi connectivity index (χ3n) is 3.39. The summed E-state index contributed by atoms with van der Waals surface area (Å²) in [5, 5.41) is 0.624. The molecule has 0 saturated heterocycles. The molecule has 1 heterocycles. The predicted molar refractivity (Wildman–Crippen MR) is 91.6 cm³/mol. The summed E-state index contributed by atoms with van der Waals surface area (Å²) < 4.78 is 15.7. The maximum Gasteiger partial charge on any atom is 0.363 e. The average molecular weight is 344 g/mol. The van der Waals surface area contributed by atoms with Gasteiger partial charge in [0.25, 0.3) is 0 Å². The number of hydrogen-bond donors (Lipinski definition) is 0. The molecule has 1 aliphatic heterocycles. The van der Waals surface area contributed by atoms with Crippen molar-refractivity contribution in [2.24, 2.45) is 4.99 Å². The Bertz CT molecular complexity index is 818. The van der Waals surface area contributed by atoms with Crippen molar-refractivity contribution in [3.63, 3.8) is 0 Å². The Morgan fingerprint density at radius 2 is 1.67 bits per heavy atom. The normalized spacial score (nSPS) is 15.2. The van der Waals surface area contributed by atoms with Crippen LogP contribution in [0.15, 0.2) is 53.2 Å². The SMILES string of the molecule is COc1cc(OC)cc(C2=N/C(=C\c3ccc(Cl)cc3)C(=O)O2)c1. The van der Waals surface area contributed by atoms with Crippen LogP contribution < -0.4 is 9.47 Å². The Morgan fingerprint density at radius 1 is 1.04 bits per heavy atom. The molecule has 0 fully saturated rings. The van der Waals surface area contributed by atoms with E-state index < -0.39 is 5.97 Å². The minimum Gasteiger partial charge on any atom is -0.497 e. The summed E-state index contributed by atoms with van der Waals surface area (Å²) in [6.45, 7) is 0. The van der Waals surface area contributed by atoms with Crippen LogP contribution in [0.3, 0.4) is 0 Å². The lowest BCUT2D eigenvalue weighted by Crippen LogP contribution is -2.06. The molecule has 0 aliphatic carbocycles. The summed E-state index contributed by atoms with van der Waals surface area (Å²) in [6.07, 6.45) is 1.64. The van der Waals surface area contributed by atoms with E-state index in [1.807, 2.05) is 0 Å². The van der Waals surface area contributed by atoms with E-state index in [4.69, 9.17) is 25.8 Å². The van der Waals surface area contributed by atoms with Gasteiger partial charge in [-0.2, -0.15) is 0 Å². The number of carbonyl (C=O) groups is 1. The molecule has 0 bridgehead atoms. The van der Waals surface area contributed by atoms with E-state index in [2.05, 4.69) is 4.99 Å². The molecular formula is C18H14ClNO4.